The molecule has 0 aliphatic heterocycles. The van der Waals surface area contributed by atoms with Gasteiger partial charge in [-0.2, -0.15) is 0 Å². The Bertz CT molecular complexity index is 415. The molecule has 0 atom stereocenters. The first kappa shape index (κ1) is 32.3. The molecule has 0 spiro atoms. The number of hydrogen-bond acceptors (Lipinski definition) is 2. The summed E-state index contributed by atoms with van der Waals surface area (Å²) >= 11 is 0. The van der Waals surface area contributed by atoms with Crippen LogP contribution in [0.15, 0.2) is 0 Å². The molecule has 0 saturated carbocycles. The number of carbonyl (C=O) groups excluding carboxylic acids is 2. The molecule has 0 unspecified atom stereocenters. The molecule has 0 aromatic heterocycles. The van der Waals surface area contributed by atoms with Gasteiger partial charge < -0.3 is 4.79 Å². The monoisotopic (exact) mass is 464 g/mol. The van der Waals surface area contributed by atoms with Gasteiger partial charge in [-0.05, 0) is 26.2 Å². The van der Waals surface area contributed by atoms with Gasteiger partial charge in [-0.25, -0.2) is 0 Å². The first-order valence-corrected chi connectivity index (χ1v) is 15.2. The van der Waals surface area contributed by atoms with Crippen molar-refractivity contribution in [3.63, 3.8) is 0 Å². The second kappa shape index (κ2) is 27.6. The van der Waals surface area contributed by atoms with E-state index < -0.39 is 0 Å². The minimum absolute atomic E-state index is 0.338. The first-order chi connectivity index (χ1) is 16.2. The van der Waals surface area contributed by atoms with Crippen LogP contribution in [0.2, 0.25) is 0 Å². The Hall–Kier alpha value is -0.660. The van der Waals surface area contributed by atoms with Crippen molar-refractivity contribution in [3.05, 3.63) is 0 Å². The summed E-state index contributed by atoms with van der Waals surface area (Å²) < 4.78 is 0. The topological polar surface area (TPSA) is 34.1 Å². The Morgan fingerprint density at radius 1 is 0.364 bits per heavy atom. The predicted octanol–water partition coefficient (Wildman–Crippen LogP) is 10.7. The summed E-state index contributed by atoms with van der Waals surface area (Å²) in [5.41, 5.74) is 0. The van der Waals surface area contributed by atoms with Crippen molar-refractivity contribution in [3.8, 4) is 0 Å². The highest BCUT2D eigenvalue weighted by Crippen LogP contribution is 2.15. The number of unbranched alkanes of at least 4 members (excludes halogenated alkanes) is 22. The van der Waals surface area contributed by atoms with Gasteiger partial charge in [0.15, 0.2) is 0 Å². The van der Waals surface area contributed by atoms with Crippen molar-refractivity contribution >= 4 is 11.6 Å². The average molecular weight is 465 g/mol. The van der Waals surface area contributed by atoms with Crippen LogP contribution in [-0.2, 0) is 9.59 Å². The number of hydrogen-bond donors (Lipinski definition) is 0. The molecule has 0 heterocycles. The summed E-state index contributed by atoms with van der Waals surface area (Å²) in [4.78, 5) is 22.9. The van der Waals surface area contributed by atoms with Crippen LogP contribution >= 0.6 is 0 Å². The van der Waals surface area contributed by atoms with E-state index in [2.05, 4.69) is 6.92 Å². The van der Waals surface area contributed by atoms with E-state index in [0.29, 0.717) is 11.6 Å². The molecule has 2 nitrogen and oxygen atoms in total. The molecular formula is C31H60O2. The van der Waals surface area contributed by atoms with Crippen molar-refractivity contribution in [2.24, 2.45) is 0 Å². The molecule has 0 aromatic rings. The Morgan fingerprint density at radius 2 is 0.606 bits per heavy atom. The molecule has 2 heteroatoms. The van der Waals surface area contributed by atoms with Gasteiger partial charge in [0.1, 0.15) is 11.6 Å². The van der Waals surface area contributed by atoms with Crippen LogP contribution in [0.3, 0.4) is 0 Å². The fourth-order valence-electron chi connectivity index (χ4n) is 4.75. The molecule has 0 aliphatic carbocycles. The Balaban J connectivity index is 3.14. The summed E-state index contributed by atoms with van der Waals surface area (Å²) in [5, 5.41) is 0. The molecule has 0 fully saturated rings. The predicted molar refractivity (Wildman–Crippen MR) is 146 cm³/mol. The number of Topliss-reactive ketones (excluding diaryl/α,β-unsaturated/α-hetero) is 2. The summed E-state index contributed by atoms with van der Waals surface area (Å²) in [7, 11) is 0. The Morgan fingerprint density at radius 3 is 0.879 bits per heavy atom. The normalized spacial score (nSPS) is 11.2. The highest BCUT2D eigenvalue weighted by Gasteiger charge is 2.02. The Kier molecular flexibility index (Phi) is 27.0. The lowest BCUT2D eigenvalue weighted by Gasteiger charge is -2.04. The zero-order chi connectivity index (χ0) is 24.2. The van der Waals surface area contributed by atoms with Gasteiger partial charge in [0.2, 0.25) is 0 Å². The summed E-state index contributed by atoms with van der Waals surface area (Å²) in [5.74, 6) is 0.846. The first-order valence-electron chi connectivity index (χ1n) is 15.2. The smallest absolute Gasteiger partial charge is 0.132 e. The van der Waals surface area contributed by atoms with Crippen molar-refractivity contribution in [1.29, 1.82) is 0 Å². The van der Waals surface area contributed by atoms with Crippen molar-refractivity contribution in [1.82, 2.24) is 0 Å². The van der Waals surface area contributed by atoms with Crippen molar-refractivity contribution < 1.29 is 9.59 Å². The third-order valence-electron chi connectivity index (χ3n) is 7.04. The lowest BCUT2D eigenvalue weighted by molar-refractivity contribution is -0.119. The van der Waals surface area contributed by atoms with E-state index >= 15 is 0 Å². The fourth-order valence-corrected chi connectivity index (χ4v) is 4.75. The SMILES string of the molecule is CCCCCCCCCCCC(=O)CCCCCCCCCCCCCCCCCC(C)=O. The maximum Gasteiger partial charge on any atom is 0.132 e. The molecule has 0 aromatic carbocycles. The highest BCUT2D eigenvalue weighted by molar-refractivity contribution is 5.78. The van der Waals surface area contributed by atoms with Crippen molar-refractivity contribution in [2.75, 3.05) is 0 Å². The van der Waals surface area contributed by atoms with Crippen molar-refractivity contribution in [2.45, 2.75) is 187 Å². The maximum atomic E-state index is 12.0. The van der Waals surface area contributed by atoms with Gasteiger partial charge in [0.05, 0.1) is 0 Å². The lowest BCUT2D eigenvalue weighted by atomic mass is 10.0. The number of ketones is 2. The molecule has 0 radical (unpaired) electrons. The van der Waals surface area contributed by atoms with Gasteiger partial charge in [-0.3, -0.25) is 4.79 Å². The van der Waals surface area contributed by atoms with E-state index in [4.69, 9.17) is 0 Å². The van der Waals surface area contributed by atoms with Crippen LogP contribution in [0.4, 0.5) is 0 Å². The molecule has 0 rings (SSSR count). The summed E-state index contributed by atoms with van der Waals surface area (Å²) in [6.07, 6.45) is 34.1. The van der Waals surface area contributed by atoms with E-state index in [0.717, 1.165) is 38.5 Å². The van der Waals surface area contributed by atoms with E-state index in [1.807, 2.05) is 0 Å². The molecule has 0 N–H and O–H groups in total. The van der Waals surface area contributed by atoms with Crippen LogP contribution < -0.4 is 0 Å². The van der Waals surface area contributed by atoms with E-state index in [9.17, 15) is 9.59 Å². The third kappa shape index (κ3) is 29.3. The molecule has 0 bridgehead atoms. The zero-order valence-corrected chi connectivity index (χ0v) is 22.9. The van der Waals surface area contributed by atoms with Crippen LogP contribution in [0.5, 0.6) is 0 Å². The molecular weight excluding hydrogens is 404 g/mol. The molecule has 0 aliphatic rings. The highest BCUT2D eigenvalue weighted by atomic mass is 16.1. The van der Waals surface area contributed by atoms with Gasteiger partial charge >= 0.3 is 0 Å². The third-order valence-corrected chi connectivity index (χ3v) is 7.04. The van der Waals surface area contributed by atoms with Gasteiger partial charge in [0.25, 0.3) is 0 Å². The molecule has 33 heavy (non-hydrogen) atoms. The van der Waals surface area contributed by atoms with Gasteiger partial charge in [-0.15, -0.1) is 0 Å². The number of rotatable bonds is 28. The molecule has 0 saturated heterocycles. The number of carbonyl (C=O) groups is 2. The van der Waals surface area contributed by atoms with Gasteiger partial charge in [-0.1, -0.05) is 142 Å². The van der Waals surface area contributed by atoms with Crippen LogP contribution in [-0.4, -0.2) is 11.6 Å². The molecule has 0 amide bonds. The second-order valence-electron chi connectivity index (χ2n) is 10.6. The van der Waals surface area contributed by atoms with E-state index in [-0.39, 0.29) is 0 Å². The molecule has 196 valence electrons. The van der Waals surface area contributed by atoms with Gasteiger partial charge in [0, 0.05) is 19.3 Å². The summed E-state index contributed by atoms with van der Waals surface area (Å²) in [6, 6.07) is 0. The van der Waals surface area contributed by atoms with Crippen LogP contribution in [0.25, 0.3) is 0 Å². The van der Waals surface area contributed by atoms with E-state index in [1.165, 1.54) is 135 Å². The van der Waals surface area contributed by atoms with E-state index in [1.54, 1.807) is 6.92 Å². The van der Waals surface area contributed by atoms with Crippen LogP contribution in [0.1, 0.15) is 187 Å². The zero-order valence-electron chi connectivity index (χ0n) is 22.9. The minimum atomic E-state index is 0.338. The quantitative estimate of drug-likeness (QED) is 0.108. The standard InChI is InChI=1S/C31H60O2/c1-3-4-5-6-7-15-19-22-25-28-31(33)29-26-23-20-17-14-12-10-8-9-11-13-16-18-21-24-27-30(2)32/h3-29H2,1-2H3. The fraction of sp³-hybridized carbons (Fsp3) is 0.935. The largest absolute Gasteiger partial charge is 0.300 e. The summed E-state index contributed by atoms with van der Waals surface area (Å²) in [6.45, 7) is 3.97. The maximum absolute atomic E-state index is 12.0. The Labute approximate surface area is 208 Å². The second-order valence-corrected chi connectivity index (χ2v) is 10.6. The lowest BCUT2D eigenvalue weighted by Crippen LogP contribution is -1.97. The average Bonchev–Trinajstić information content (AvgIpc) is 2.79. The minimum Gasteiger partial charge on any atom is -0.300 e. The van der Waals surface area contributed by atoms with Crippen LogP contribution in [0, 0.1) is 0 Å².